The topological polar surface area (TPSA) is 52.7 Å². The Hall–Kier alpha value is -2.63. The number of hydrogen-bond donors (Lipinski definition) is 0. The molecule has 0 atom stereocenters. The molecule has 0 fully saturated rings. The number of rotatable bonds is 3. The van der Waals surface area contributed by atoms with Gasteiger partial charge in [0.2, 0.25) is 0 Å². The molecule has 5 rings (SSSR count). The summed E-state index contributed by atoms with van der Waals surface area (Å²) in [5.41, 5.74) is 4.71. The molecule has 1 aliphatic rings. The van der Waals surface area contributed by atoms with Gasteiger partial charge in [0.05, 0.1) is 40.2 Å². The SMILES string of the molecule is O=c1c2cc(Cl)cc(Cl)c2ncn1Cc1nn(-c2ccccc2)c2c1CCC2. The Morgan fingerprint density at radius 1 is 1.07 bits per heavy atom. The van der Waals surface area contributed by atoms with Gasteiger partial charge in [0.15, 0.2) is 0 Å². The monoisotopic (exact) mass is 410 g/mol. The number of halogens is 2. The van der Waals surface area contributed by atoms with E-state index in [9.17, 15) is 4.79 Å². The van der Waals surface area contributed by atoms with Crippen LogP contribution < -0.4 is 5.56 Å². The largest absolute Gasteiger partial charge is 0.293 e. The van der Waals surface area contributed by atoms with Crippen molar-refractivity contribution in [2.75, 3.05) is 0 Å². The first-order chi connectivity index (χ1) is 13.6. The molecule has 28 heavy (non-hydrogen) atoms. The molecular formula is C21H16Cl2N4O. The second-order valence-corrected chi connectivity index (χ2v) is 7.78. The Morgan fingerprint density at radius 2 is 1.89 bits per heavy atom. The first-order valence-corrected chi connectivity index (χ1v) is 9.86. The predicted octanol–water partition coefficient (Wildman–Crippen LogP) is 4.43. The third-order valence-corrected chi connectivity index (χ3v) is 5.69. The van der Waals surface area contributed by atoms with Gasteiger partial charge >= 0.3 is 0 Å². The van der Waals surface area contributed by atoms with Gasteiger partial charge in [-0.1, -0.05) is 41.4 Å². The number of benzene rings is 2. The van der Waals surface area contributed by atoms with E-state index < -0.39 is 0 Å². The number of hydrogen-bond acceptors (Lipinski definition) is 3. The summed E-state index contributed by atoms with van der Waals surface area (Å²) in [5.74, 6) is 0. The zero-order valence-corrected chi connectivity index (χ0v) is 16.4. The van der Waals surface area contributed by atoms with E-state index in [1.807, 2.05) is 35.0 Å². The van der Waals surface area contributed by atoms with E-state index in [1.165, 1.54) is 17.6 Å². The van der Waals surface area contributed by atoms with Crippen LogP contribution in [0.3, 0.4) is 0 Å². The summed E-state index contributed by atoms with van der Waals surface area (Å²) in [6.07, 6.45) is 4.61. The van der Waals surface area contributed by atoms with Crippen molar-refractivity contribution in [3.63, 3.8) is 0 Å². The highest BCUT2D eigenvalue weighted by atomic mass is 35.5. The van der Waals surface area contributed by atoms with Crippen molar-refractivity contribution in [3.8, 4) is 5.69 Å². The smallest absolute Gasteiger partial charge is 0.261 e. The average molecular weight is 411 g/mol. The van der Waals surface area contributed by atoms with Gasteiger partial charge in [-0.2, -0.15) is 5.10 Å². The fourth-order valence-corrected chi connectivity index (χ4v) is 4.43. The van der Waals surface area contributed by atoms with Gasteiger partial charge in [0, 0.05) is 10.7 Å². The minimum Gasteiger partial charge on any atom is -0.293 e. The van der Waals surface area contributed by atoms with Gasteiger partial charge < -0.3 is 0 Å². The second kappa shape index (κ2) is 6.76. The molecule has 2 aromatic heterocycles. The summed E-state index contributed by atoms with van der Waals surface area (Å²) < 4.78 is 3.58. The zero-order valence-electron chi connectivity index (χ0n) is 14.9. The lowest BCUT2D eigenvalue weighted by Gasteiger charge is -2.07. The lowest BCUT2D eigenvalue weighted by atomic mass is 10.2. The highest BCUT2D eigenvalue weighted by molar-refractivity contribution is 6.38. The van der Waals surface area contributed by atoms with Crippen molar-refractivity contribution in [2.45, 2.75) is 25.8 Å². The predicted molar refractivity (Wildman–Crippen MR) is 111 cm³/mol. The Bertz CT molecular complexity index is 1260. The molecule has 0 saturated heterocycles. The average Bonchev–Trinajstić information content (AvgIpc) is 3.29. The number of para-hydroxylation sites is 1. The molecule has 0 aliphatic heterocycles. The van der Waals surface area contributed by atoms with Crippen LogP contribution in [-0.4, -0.2) is 19.3 Å². The quantitative estimate of drug-likeness (QED) is 0.501. The van der Waals surface area contributed by atoms with E-state index in [-0.39, 0.29) is 5.56 Å². The van der Waals surface area contributed by atoms with Crippen molar-refractivity contribution in [3.05, 3.63) is 86.1 Å². The molecular weight excluding hydrogens is 395 g/mol. The Morgan fingerprint density at radius 3 is 2.71 bits per heavy atom. The van der Waals surface area contributed by atoms with Crippen molar-refractivity contribution < 1.29 is 0 Å². The van der Waals surface area contributed by atoms with Crippen LogP contribution in [0.2, 0.25) is 10.0 Å². The molecule has 0 unspecified atom stereocenters. The molecule has 0 bridgehead atoms. The van der Waals surface area contributed by atoms with Crippen molar-refractivity contribution in [1.82, 2.24) is 19.3 Å². The molecule has 140 valence electrons. The van der Waals surface area contributed by atoms with E-state index in [0.29, 0.717) is 27.5 Å². The van der Waals surface area contributed by atoms with Gasteiger partial charge in [-0.05, 0) is 49.1 Å². The van der Waals surface area contributed by atoms with E-state index in [0.717, 1.165) is 30.6 Å². The van der Waals surface area contributed by atoms with Crippen molar-refractivity contribution >= 4 is 34.1 Å². The van der Waals surface area contributed by atoms with Crippen LogP contribution in [0, 0.1) is 0 Å². The molecule has 5 nitrogen and oxygen atoms in total. The Kier molecular flexibility index (Phi) is 4.22. The second-order valence-electron chi connectivity index (χ2n) is 6.93. The van der Waals surface area contributed by atoms with Gasteiger partial charge in [0.1, 0.15) is 0 Å². The first-order valence-electron chi connectivity index (χ1n) is 9.11. The number of fused-ring (bicyclic) bond motifs is 2. The summed E-state index contributed by atoms with van der Waals surface area (Å²) in [7, 11) is 0. The fourth-order valence-electron chi connectivity index (χ4n) is 3.89. The minimum atomic E-state index is -0.171. The maximum atomic E-state index is 13.0. The van der Waals surface area contributed by atoms with Gasteiger partial charge in [0.25, 0.3) is 5.56 Å². The Balaban J connectivity index is 1.61. The zero-order chi connectivity index (χ0) is 19.3. The van der Waals surface area contributed by atoms with Crippen LogP contribution in [0.4, 0.5) is 0 Å². The van der Waals surface area contributed by atoms with Gasteiger partial charge in [-0.25, -0.2) is 9.67 Å². The van der Waals surface area contributed by atoms with E-state index in [1.54, 1.807) is 16.7 Å². The van der Waals surface area contributed by atoms with Crippen LogP contribution in [0.25, 0.3) is 16.6 Å². The lowest BCUT2D eigenvalue weighted by molar-refractivity contribution is 0.692. The fraction of sp³-hybridized carbons (Fsp3) is 0.190. The van der Waals surface area contributed by atoms with Gasteiger partial charge in [-0.15, -0.1) is 0 Å². The molecule has 7 heteroatoms. The highest BCUT2D eigenvalue weighted by Crippen LogP contribution is 2.28. The standard InChI is InChI=1S/C21H16Cl2N4O/c22-13-9-16-20(17(23)10-13)24-12-26(21(16)28)11-18-15-7-4-8-19(15)27(25-18)14-5-2-1-3-6-14/h1-3,5-6,9-10,12H,4,7-8,11H2. The third kappa shape index (κ3) is 2.82. The molecule has 1 aliphatic carbocycles. The number of nitrogens with zero attached hydrogens (tertiary/aromatic N) is 4. The summed E-state index contributed by atoms with van der Waals surface area (Å²) in [6.45, 7) is 0.369. The van der Waals surface area contributed by atoms with E-state index >= 15 is 0 Å². The molecule has 0 spiro atoms. The summed E-state index contributed by atoms with van der Waals surface area (Å²) in [5, 5.41) is 6.04. The van der Waals surface area contributed by atoms with Crippen LogP contribution in [0.15, 0.2) is 53.6 Å². The third-order valence-electron chi connectivity index (χ3n) is 5.18. The van der Waals surface area contributed by atoms with Gasteiger partial charge in [-0.3, -0.25) is 9.36 Å². The van der Waals surface area contributed by atoms with Crippen LogP contribution >= 0.6 is 23.2 Å². The Labute approximate surface area is 171 Å². The maximum absolute atomic E-state index is 13.0. The molecule has 0 radical (unpaired) electrons. The summed E-state index contributed by atoms with van der Waals surface area (Å²) in [6, 6.07) is 13.3. The molecule has 2 heterocycles. The summed E-state index contributed by atoms with van der Waals surface area (Å²) in [4.78, 5) is 17.4. The normalized spacial score (nSPS) is 13.2. The number of aromatic nitrogens is 4. The highest BCUT2D eigenvalue weighted by Gasteiger charge is 2.23. The molecule has 0 amide bonds. The van der Waals surface area contributed by atoms with Crippen molar-refractivity contribution in [1.29, 1.82) is 0 Å². The van der Waals surface area contributed by atoms with Crippen LogP contribution in [0.5, 0.6) is 0 Å². The molecule has 0 N–H and O–H groups in total. The van der Waals surface area contributed by atoms with E-state index in [2.05, 4.69) is 4.98 Å². The van der Waals surface area contributed by atoms with E-state index in [4.69, 9.17) is 28.3 Å². The summed E-state index contributed by atoms with van der Waals surface area (Å²) >= 11 is 12.3. The van der Waals surface area contributed by atoms with Crippen molar-refractivity contribution in [2.24, 2.45) is 0 Å². The molecule has 4 aromatic rings. The van der Waals surface area contributed by atoms with Crippen LogP contribution in [0.1, 0.15) is 23.4 Å². The minimum absolute atomic E-state index is 0.171. The molecule has 0 saturated carbocycles. The maximum Gasteiger partial charge on any atom is 0.261 e. The lowest BCUT2D eigenvalue weighted by Crippen LogP contribution is -2.22. The first kappa shape index (κ1) is 17.5. The van der Waals surface area contributed by atoms with Crippen LogP contribution in [-0.2, 0) is 19.4 Å². The molecule has 2 aromatic carbocycles.